The zero-order valence-corrected chi connectivity index (χ0v) is 11.7. The molecule has 1 saturated heterocycles. The van der Waals surface area contributed by atoms with Gasteiger partial charge in [-0.05, 0) is 27.3 Å². The molecule has 1 fully saturated rings. The average molecular weight is 253 g/mol. The van der Waals surface area contributed by atoms with Crippen molar-refractivity contribution in [2.75, 3.05) is 24.5 Å². The van der Waals surface area contributed by atoms with Gasteiger partial charge in [-0.15, -0.1) is 0 Å². The number of anilines is 1. The van der Waals surface area contributed by atoms with Crippen LogP contribution in [-0.4, -0.2) is 36.3 Å². The Labute approximate surface area is 109 Å². The highest BCUT2D eigenvalue weighted by Crippen LogP contribution is 2.25. The van der Waals surface area contributed by atoms with Crippen molar-refractivity contribution in [3.63, 3.8) is 0 Å². The lowest BCUT2D eigenvalue weighted by Crippen LogP contribution is -2.52. The lowest BCUT2D eigenvalue weighted by molar-refractivity contribution is -0.0761. The van der Waals surface area contributed by atoms with Crippen molar-refractivity contribution < 1.29 is 9.15 Å². The molecular weight excluding hydrogens is 230 g/mol. The van der Waals surface area contributed by atoms with Crippen molar-refractivity contribution in [3.05, 3.63) is 12.0 Å². The second-order valence-corrected chi connectivity index (χ2v) is 5.47. The van der Waals surface area contributed by atoms with Crippen LogP contribution in [0.4, 0.5) is 6.01 Å². The van der Waals surface area contributed by atoms with Crippen LogP contribution in [0.2, 0.25) is 0 Å². The van der Waals surface area contributed by atoms with E-state index in [4.69, 9.17) is 9.15 Å². The van der Waals surface area contributed by atoms with Gasteiger partial charge < -0.3 is 19.4 Å². The summed E-state index contributed by atoms with van der Waals surface area (Å²) in [7, 11) is 0. The molecule has 1 aromatic rings. The molecule has 1 aliphatic rings. The van der Waals surface area contributed by atoms with Gasteiger partial charge in [0.1, 0.15) is 6.26 Å². The second kappa shape index (κ2) is 5.28. The van der Waals surface area contributed by atoms with E-state index in [1.54, 1.807) is 6.26 Å². The number of aromatic nitrogens is 1. The van der Waals surface area contributed by atoms with Gasteiger partial charge in [0.05, 0.1) is 23.9 Å². The SMILES string of the molecule is CCNCc1coc(N2CC(C)OC(C)(C)C2)n1. The third-order valence-corrected chi connectivity index (χ3v) is 2.94. The molecule has 1 aromatic heterocycles. The van der Waals surface area contributed by atoms with Crippen LogP contribution < -0.4 is 10.2 Å². The Bertz CT molecular complexity index is 389. The summed E-state index contributed by atoms with van der Waals surface area (Å²) in [6, 6.07) is 0.700. The largest absolute Gasteiger partial charge is 0.432 e. The van der Waals surface area contributed by atoms with E-state index >= 15 is 0 Å². The standard InChI is InChI=1S/C13H23N3O2/c1-5-14-6-11-8-17-12(15-11)16-7-10(2)18-13(3,4)9-16/h8,10,14H,5-7,9H2,1-4H3. The number of ether oxygens (including phenoxy) is 1. The average Bonchev–Trinajstić information content (AvgIpc) is 2.72. The second-order valence-electron chi connectivity index (χ2n) is 5.47. The number of hydrogen-bond donors (Lipinski definition) is 1. The molecule has 2 rings (SSSR count). The summed E-state index contributed by atoms with van der Waals surface area (Å²) in [5.74, 6) is 0. The summed E-state index contributed by atoms with van der Waals surface area (Å²) < 4.78 is 11.4. The predicted molar refractivity (Wildman–Crippen MR) is 70.7 cm³/mol. The first-order chi connectivity index (χ1) is 8.50. The van der Waals surface area contributed by atoms with E-state index in [0.29, 0.717) is 6.01 Å². The van der Waals surface area contributed by atoms with Crippen molar-refractivity contribution in [1.82, 2.24) is 10.3 Å². The Morgan fingerprint density at radius 3 is 3.00 bits per heavy atom. The number of nitrogens with zero attached hydrogens (tertiary/aromatic N) is 2. The van der Waals surface area contributed by atoms with Crippen LogP contribution in [0.5, 0.6) is 0 Å². The maximum atomic E-state index is 5.87. The van der Waals surface area contributed by atoms with Crippen LogP contribution in [0.3, 0.4) is 0 Å². The fourth-order valence-electron chi connectivity index (χ4n) is 2.38. The van der Waals surface area contributed by atoms with Gasteiger partial charge in [0.25, 0.3) is 6.01 Å². The van der Waals surface area contributed by atoms with Crippen molar-refractivity contribution in [2.24, 2.45) is 0 Å². The molecule has 5 nitrogen and oxygen atoms in total. The highest BCUT2D eigenvalue weighted by molar-refractivity contribution is 5.29. The zero-order valence-electron chi connectivity index (χ0n) is 11.7. The van der Waals surface area contributed by atoms with Gasteiger partial charge in [-0.2, -0.15) is 4.98 Å². The Morgan fingerprint density at radius 2 is 2.33 bits per heavy atom. The number of rotatable bonds is 4. The van der Waals surface area contributed by atoms with Gasteiger partial charge in [-0.1, -0.05) is 6.92 Å². The lowest BCUT2D eigenvalue weighted by Gasteiger charge is -2.40. The first-order valence-corrected chi connectivity index (χ1v) is 6.58. The number of hydrogen-bond acceptors (Lipinski definition) is 5. The molecule has 1 N–H and O–H groups in total. The number of morpholine rings is 1. The molecule has 2 heterocycles. The van der Waals surface area contributed by atoms with Gasteiger partial charge in [0.2, 0.25) is 0 Å². The Kier molecular flexibility index (Phi) is 3.92. The molecule has 18 heavy (non-hydrogen) atoms. The topological polar surface area (TPSA) is 50.5 Å². The summed E-state index contributed by atoms with van der Waals surface area (Å²) in [5.41, 5.74) is 0.789. The van der Waals surface area contributed by atoms with E-state index in [9.17, 15) is 0 Å². The minimum Gasteiger partial charge on any atom is -0.432 e. The van der Waals surface area contributed by atoms with E-state index in [1.807, 2.05) is 0 Å². The first-order valence-electron chi connectivity index (χ1n) is 6.58. The fraction of sp³-hybridized carbons (Fsp3) is 0.769. The van der Waals surface area contributed by atoms with Gasteiger partial charge >= 0.3 is 0 Å². The minimum absolute atomic E-state index is 0.159. The number of oxazole rings is 1. The van der Waals surface area contributed by atoms with E-state index in [2.05, 4.69) is 42.9 Å². The van der Waals surface area contributed by atoms with Gasteiger partial charge in [-0.25, -0.2) is 0 Å². The molecular formula is C13H23N3O2. The van der Waals surface area contributed by atoms with Crippen LogP contribution in [-0.2, 0) is 11.3 Å². The predicted octanol–water partition coefficient (Wildman–Crippen LogP) is 1.79. The molecule has 0 saturated carbocycles. The highest BCUT2D eigenvalue weighted by Gasteiger charge is 2.33. The summed E-state index contributed by atoms with van der Waals surface area (Å²) in [4.78, 5) is 6.67. The molecule has 0 aromatic carbocycles. The summed E-state index contributed by atoms with van der Waals surface area (Å²) in [6.45, 7) is 11.7. The minimum atomic E-state index is -0.159. The summed E-state index contributed by atoms with van der Waals surface area (Å²) in [6.07, 6.45) is 1.92. The third kappa shape index (κ3) is 3.23. The molecule has 0 amide bonds. The fourth-order valence-corrected chi connectivity index (χ4v) is 2.38. The van der Waals surface area contributed by atoms with E-state index in [-0.39, 0.29) is 11.7 Å². The van der Waals surface area contributed by atoms with Crippen LogP contribution >= 0.6 is 0 Å². The van der Waals surface area contributed by atoms with E-state index < -0.39 is 0 Å². The van der Waals surface area contributed by atoms with Crippen molar-refractivity contribution in [2.45, 2.75) is 45.9 Å². The van der Waals surface area contributed by atoms with Crippen LogP contribution in [0.1, 0.15) is 33.4 Å². The van der Waals surface area contributed by atoms with Crippen LogP contribution in [0, 0.1) is 0 Å². The van der Waals surface area contributed by atoms with Gasteiger partial charge in [-0.3, -0.25) is 0 Å². The molecule has 1 unspecified atom stereocenters. The Hall–Kier alpha value is -1.07. The summed E-state index contributed by atoms with van der Waals surface area (Å²) >= 11 is 0. The molecule has 102 valence electrons. The normalized spacial score (nSPS) is 23.3. The maximum absolute atomic E-state index is 5.87. The molecule has 1 atom stereocenters. The monoisotopic (exact) mass is 253 g/mol. The Morgan fingerprint density at radius 1 is 1.56 bits per heavy atom. The molecule has 0 bridgehead atoms. The maximum Gasteiger partial charge on any atom is 0.297 e. The molecule has 5 heteroatoms. The van der Waals surface area contributed by atoms with Crippen molar-refractivity contribution in [3.8, 4) is 0 Å². The first kappa shape index (κ1) is 13.4. The van der Waals surface area contributed by atoms with Crippen molar-refractivity contribution >= 4 is 6.01 Å². The van der Waals surface area contributed by atoms with E-state index in [1.165, 1.54) is 0 Å². The quantitative estimate of drug-likeness (QED) is 0.886. The molecule has 0 spiro atoms. The smallest absolute Gasteiger partial charge is 0.297 e. The van der Waals surface area contributed by atoms with E-state index in [0.717, 1.165) is 31.9 Å². The number of nitrogens with one attached hydrogen (secondary N) is 1. The van der Waals surface area contributed by atoms with Crippen LogP contribution in [0.15, 0.2) is 10.7 Å². The molecule has 0 aliphatic carbocycles. The third-order valence-electron chi connectivity index (χ3n) is 2.94. The van der Waals surface area contributed by atoms with Gasteiger partial charge in [0.15, 0.2) is 0 Å². The summed E-state index contributed by atoms with van der Waals surface area (Å²) in [5, 5.41) is 3.24. The van der Waals surface area contributed by atoms with Gasteiger partial charge in [0, 0.05) is 13.1 Å². The zero-order chi connectivity index (χ0) is 13.2. The molecule has 0 radical (unpaired) electrons. The lowest BCUT2D eigenvalue weighted by atomic mass is 10.1. The highest BCUT2D eigenvalue weighted by atomic mass is 16.5. The van der Waals surface area contributed by atoms with Crippen molar-refractivity contribution in [1.29, 1.82) is 0 Å². The molecule has 1 aliphatic heterocycles. The van der Waals surface area contributed by atoms with Crippen LogP contribution in [0.25, 0.3) is 0 Å². The Balaban J connectivity index is 2.04.